The van der Waals surface area contributed by atoms with Gasteiger partial charge in [-0.3, -0.25) is 4.79 Å². The van der Waals surface area contributed by atoms with Gasteiger partial charge in [0.2, 0.25) is 0 Å². The summed E-state index contributed by atoms with van der Waals surface area (Å²) >= 11 is 22.2. The summed E-state index contributed by atoms with van der Waals surface area (Å²) in [7, 11) is 0. The van der Waals surface area contributed by atoms with Gasteiger partial charge in [0.15, 0.2) is 8.68 Å². The van der Waals surface area contributed by atoms with E-state index < -0.39 is 0 Å². The number of nitrogens with one attached hydrogen (secondary N) is 1. The Kier molecular flexibility index (Phi) is 8.85. The number of rotatable bonds is 8. The van der Waals surface area contributed by atoms with Crippen LogP contribution in [0.3, 0.4) is 0 Å². The highest BCUT2D eigenvalue weighted by molar-refractivity contribution is 8.03. The van der Waals surface area contributed by atoms with E-state index in [0.717, 1.165) is 25.6 Å². The molecule has 0 atom stereocenters. The zero-order valence-corrected chi connectivity index (χ0v) is 20.3. The standard InChI is InChI=1S/C19H15Cl3N4OS3/c1-11(13-4-7-15(21)16(22)8-13)23-24-17(27)10-29-19-26-25-18(30-19)28-9-12-2-5-14(20)6-3-12/h2-8H,9-10H2,1H3,(H,24,27)/b23-11-. The average Bonchev–Trinajstić information content (AvgIpc) is 3.20. The third kappa shape index (κ3) is 7.14. The fourth-order valence-electron chi connectivity index (χ4n) is 2.13. The monoisotopic (exact) mass is 516 g/mol. The first-order valence-electron chi connectivity index (χ1n) is 8.53. The predicted molar refractivity (Wildman–Crippen MR) is 128 cm³/mol. The highest BCUT2D eigenvalue weighted by Crippen LogP contribution is 2.30. The van der Waals surface area contributed by atoms with E-state index in [4.69, 9.17) is 34.8 Å². The molecule has 0 radical (unpaired) electrons. The molecule has 1 amide bonds. The lowest BCUT2D eigenvalue weighted by molar-refractivity contribution is -0.118. The van der Waals surface area contributed by atoms with Crippen LogP contribution in [0.1, 0.15) is 18.1 Å². The summed E-state index contributed by atoms with van der Waals surface area (Å²) in [6.07, 6.45) is 0. The number of nitrogens with zero attached hydrogens (tertiary/aromatic N) is 3. The van der Waals surface area contributed by atoms with Crippen molar-refractivity contribution in [1.82, 2.24) is 15.6 Å². The molecule has 0 saturated heterocycles. The highest BCUT2D eigenvalue weighted by atomic mass is 35.5. The molecule has 0 aliphatic carbocycles. The number of hydrogen-bond donors (Lipinski definition) is 1. The molecule has 0 fully saturated rings. The number of hydrazone groups is 1. The summed E-state index contributed by atoms with van der Waals surface area (Å²) in [6.45, 7) is 1.78. The molecule has 156 valence electrons. The average molecular weight is 518 g/mol. The van der Waals surface area contributed by atoms with Crippen molar-refractivity contribution in [3.8, 4) is 0 Å². The second kappa shape index (κ2) is 11.4. The van der Waals surface area contributed by atoms with Gasteiger partial charge in [-0.2, -0.15) is 5.10 Å². The van der Waals surface area contributed by atoms with Gasteiger partial charge < -0.3 is 0 Å². The molecule has 3 aromatic rings. The van der Waals surface area contributed by atoms with Crippen LogP contribution in [0.25, 0.3) is 0 Å². The third-order valence-electron chi connectivity index (χ3n) is 3.68. The Labute approximate surface area is 201 Å². The van der Waals surface area contributed by atoms with Crippen LogP contribution in [0, 0.1) is 0 Å². The molecule has 1 aromatic heterocycles. The van der Waals surface area contributed by atoms with Crippen molar-refractivity contribution < 1.29 is 4.79 Å². The molecule has 1 N–H and O–H groups in total. The van der Waals surface area contributed by atoms with Crippen LogP contribution in [0.2, 0.25) is 15.1 Å². The van der Waals surface area contributed by atoms with Gasteiger partial charge in [0, 0.05) is 10.8 Å². The van der Waals surface area contributed by atoms with Gasteiger partial charge in [0.1, 0.15) is 0 Å². The Hall–Kier alpha value is -1.29. The summed E-state index contributed by atoms with van der Waals surface area (Å²) in [5.74, 6) is 0.735. The van der Waals surface area contributed by atoms with E-state index >= 15 is 0 Å². The number of halogens is 3. The van der Waals surface area contributed by atoms with E-state index in [1.165, 1.54) is 23.1 Å². The Balaban J connectivity index is 1.45. The maximum atomic E-state index is 12.1. The molecule has 0 aliphatic heterocycles. The molecule has 0 aliphatic rings. The largest absolute Gasteiger partial charge is 0.272 e. The summed E-state index contributed by atoms with van der Waals surface area (Å²) in [5, 5.41) is 14.0. The molecule has 0 saturated carbocycles. The maximum absolute atomic E-state index is 12.1. The molecular weight excluding hydrogens is 503 g/mol. The van der Waals surface area contributed by atoms with Crippen LogP contribution in [-0.2, 0) is 10.5 Å². The number of benzene rings is 2. The van der Waals surface area contributed by atoms with Crippen molar-refractivity contribution in [3.63, 3.8) is 0 Å². The van der Waals surface area contributed by atoms with Crippen molar-refractivity contribution >= 4 is 81.3 Å². The van der Waals surface area contributed by atoms with Gasteiger partial charge in [-0.25, -0.2) is 5.43 Å². The molecule has 30 heavy (non-hydrogen) atoms. The molecule has 1 heterocycles. The Morgan fingerprint density at radius 3 is 2.43 bits per heavy atom. The van der Waals surface area contributed by atoms with Gasteiger partial charge in [-0.05, 0) is 42.3 Å². The summed E-state index contributed by atoms with van der Waals surface area (Å²) < 4.78 is 1.58. The fourth-order valence-corrected chi connectivity index (χ4v) is 5.32. The maximum Gasteiger partial charge on any atom is 0.250 e. The molecule has 11 heteroatoms. The van der Waals surface area contributed by atoms with Crippen LogP contribution < -0.4 is 5.43 Å². The van der Waals surface area contributed by atoms with Crippen LogP contribution in [-0.4, -0.2) is 27.6 Å². The number of thioether (sulfide) groups is 2. The Morgan fingerprint density at radius 2 is 1.73 bits per heavy atom. The van der Waals surface area contributed by atoms with Crippen molar-refractivity contribution in [2.45, 2.75) is 21.4 Å². The van der Waals surface area contributed by atoms with E-state index in [1.54, 1.807) is 36.9 Å². The van der Waals surface area contributed by atoms with Crippen molar-refractivity contribution in [2.75, 3.05) is 5.75 Å². The molecule has 3 rings (SSSR count). The van der Waals surface area contributed by atoms with E-state index in [1.807, 2.05) is 24.3 Å². The lowest BCUT2D eigenvalue weighted by Crippen LogP contribution is -2.21. The molecule has 5 nitrogen and oxygen atoms in total. The molecule has 0 bridgehead atoms. The Morgan fingerprint density at radius 1 is 1.03 bits per heavy atom. The smallest absolute Gasteiger partial charge is 0.250 e. The minimum Gasteiger partial charge on any atom is -0.272 e. The van der Waals surface area contributed by atoms with E-state index in [-0.39, 0.29) is 11.7 Å². The van der Waals surface area contributed by atoms with Crippen LogP contribution in [0.4, 0.5) is 0 Å². The molecule has 2 aromatic carbocycles. The number of carbonyl (C=O) groups excluding carboxylic acids is 1. The third-order valence-corrected chi connectivity index (χ3v) is 7.93. The second-order valence-corrected chi connectivity index (χ2v) is 10.6. The normalized spacial score (nSPS) is 11.5. The van der Waals surface area contributed by atoms with Gasteiger partial charge in [-0.15, -0.1) is 10.2 Å². The van der Waals surface area contributed by atoms with Gasteiger partial charge in [-0.1, -0.05) is 87.9 Å². The van der Waals surface area contributed by atoms with Crippen LogP contribution in [0.15, 0.2) is 56.2 Å². The summed E-state index contributed by atoms with van der Waals surface area (Å²) in [5.41, 5.74) is 5.10. The second-order valence-electron chi connectivity index (χ2n) is 5.90. The zero-order valence-electron chi connectivity index (χ0n) is 15.6. The lowest BCUT2D eigenvalue weighted by Gasteiger charge is -2.04. The van der Waals surface area contributed by atoms with E-state index in [9.17, 15) is 4.79 Å². The summed E-state index contributed by atoms with van der Waals surface area (Å²) in [6, 6.07) is 12.9. The van der Waals surface area contributed by atoms with Crippen LogP contribution >= 0.6 is 69.7 Å². The fraction of sp³-hybridized carbons (Fsp3) is 0.158. The van der Waals surface area contributed by atoms with Crippen molar-refractivity contribution in [3.05, 3.63) is 68.7 Å². The van der Waals surface area contributed by atoms with Gasteiger partial charge >= 0.3 is 0 Å². The first kappa shape index (κ1) is 23.4. The zero-order chi connectivity index (χ0) is 21.5. The topological polar surface area (TPSA) is 67.2 Å². The lowest BCUT2D eigenvalue weighted by atomic mass is 10.1. The number of carbonyl (C=O) groups is 1. The first-order valence-corrected chi connectivity index (χ1v) is 12.4. The number of aromatic nitrogens is 2. The van der Waals surface area contributed by atoms with Gasteiger partial charge in [0.05, 0.1) is 21.5 Å². The molecule has 0 unspecified atom stereocenters. The minimum absolute atomic E-state index is 0.189. The predicted octanol–water partition coefficient (Wildman–Crippen LogP) is 6.42. The van der Waals surface area contributed by atoms with E-state index in [0.29, 0.717) is 20.8 Å². The highest BCUT2D eigenvalue weighted by Gasteiger charge is 2.09. The van der Waals surface area contributed by atoms with E-state index in [2.05, 4.69) is 20.7 Å². The molecule has 0 spiro atoms. The quantitative estimate of drug-likeness (QED) is 0.212. The first-order chi connectivity index (χ1) is 14.4. The number of hydrogen-bond acceptors (Lipinski definition) is 7. The Bertz CT molecular complexity index is 1060. The van der Waals surface area contributed by atoms with Gasteiger partial charge in [0.25, 0.3) is 5.91 Å². The number of amides is 1. The minimum atomic E-state index is -0.232. The van der Waals surface area contributed by atoms with Crippen LogP contribution in [0.5, 0.6) is 0 Å². The summed E-state index contributed by atoms with van der Waals surface area (Å²) in [4.78, 5) is 12.1. The SMILES string of the molecule is C/C(=N/NC(=O)CSc1nnc(SCc2ccc(Cl)cc2)s1)c1ccc(Cl)c(Cl)c1. The molecular formula is C19H15Cl3N4OS3. The van der Waals surface area contributed by atoms with Crippen molar-refractivity contribution in [1.29, 1.82) is 0 Å². The van der Waals surface area contributed by atoms with Crippen molar-refractivity contribution in [2.24, 2.45) is 5.10 Å².